The van der Waals surface area contributed by atoms with Gasteiger partial charge >= 0.3 is 12.8 Å². The molecule has 1 N–H and O–H groups in total. The summed E-state index contributed by atoms with van der Waals surface area (Å²) in [5.74, 6) is -0.931. The number of para-hydroxylation sites is 1. The summed E-state index contributed by atoms with van der Waals surface area (Å²) < 4.78 is 67.3. The summed E-state index contributed by atoms with van der Waals surface area (Å²) in [6.45, 7) is -3.65. The van der Waals surface area contributed by atoms with Gasteiger partial charge in [-0.05, 0) is 30.3 Å². The van der Waals surface area contributed by atoms with E-state index in [2.05, 4.69) is 15.2 Å². The minimum Gasteiger partial charge on any atom is -0.434 e. The first-order valence-corrected chi connectivity index (χ1v) is 7.90. The number of benzene rings is 2. The molecule has 0 unspecified atom stereocenters. The quantitative estimate of drug-likeness (QED) is 0.390. The van der Waals surface area contributed by atoms with Crippen LogP contribution >= 0.6 is 11.6 Å². The molecule has 2 aromatic carbocycles. The van der Waals surface area contributed by atoms with Crippen LogP contribution in [0.1, 0.15) is 11.1 Å². The van der Waals surface area contributed by atoms with Gasteiger partial charge < -0.3 is 14.9 Å². The standard InChI is InChI=1S/C17H12ClF5N2O3/c18-13-6-5-11(7-12(13)17(21,22)23)25-15(26)9-27-24-8-10-3-1-2-4-14(10)28-16(19)20/h1-8,16H,9H2,(H,25,26)/b24-8+. The molecule has 0 radical (unpaired) electrons. The highest BCUT2D eigenvalue weighted by molar-refractivity contribution is 6.31. The lowest BCUT2D eigenvalue weighted by Crippen LogP contribution is -2.17. The minimum absolute atomic E-state index is 0.134. The number of nitrogens with zero attached hydrogens (tertiary/aromatic N) is 1. The molecule has 5 nitrogen and oxygen atoms in total. The number of hydrogen-bond acceptors (Lipinski definition) is 4. The van der Waals surface area contributed by atoms with Crippen molar-refractivity contribution in [1.82, 2.24) is 0 Å². The highest BCUT2D eigenvalue weighted by Gasteiger charge is 2.33. The fourth-order valence-corrected chi connectivity index (χ4v) is 2.22. The average Bonchev–Trinajstić information content (AvgIpc) is 2.60. The van der Waals surface area contributed by atoms with Gasteiger partial charge in [0.15, 0.2) is 6.61 Å². The van der Waals surface area contributed by atoms with Gasteiger partial charge in [-0.3, -0.25) is 4.79 Å². The molecule has 1 amide bonds. The second kappa shape index (κ2) is 9.36. The second-order valence-electron chi connectivity index (χ2n) is 5.16. The molecule has 28 heavy (non-hydrogen) atoms. The first-order valence-electron chi connectivity index (χ1n) is 7.52. The van der Waals surface area contributed by atoms with Crippen LogP contribution in [-0.4, -0.2) is 25.3 Å². The van der Waals surface area contributed by atoms with E-state index in [1.807, 2.05) is 0 Å². The molecule has 11 heteroatoms. The Balaban J connectivity index is 1.93. The van der Waals surface area contributed by atoms with Gasteiger partial charge in [0.1, 0.15) is 5.75 Å². The topological polar surface area (TPSA) is 59.9 Å². The Bertz CT molecular complexity index is 859. The van der Waals surface area contributed by atoms with Crippen LogP contribution < -0.4 is 10.1 Å². The van der Waals surface area contributed by atoms with Crippen molar-refractivity contribution >= 4 is 29.4 Å². The summed E-state index contributed by atoms with van der Waals surface area (Å²) in [5.41, 5.74) is -1.05. The highest BCUT2D eigenvalue weighted by Crippen LogP contribution is 2.36. The summed E-state index contributed by atoms with van der Waals surface area (Å²) in [6.07, 6.45) is -3.62. The first-order chi connectivity index (χ1) is 13.2. The van der Waals surface area contributed by atoms with E-state index in [4.69, 9.17) is 16.4 Å². The minimum atomic E-state index is -4.67. The number of amides is 1. The zero-order valence-electron chi connectivity index (χ0n) is 13.8. The number of oxime groups is 1. The summed E-state index contributed by atoms with van der Waals surface area (Å²) in [5, 5.41) is 5.14. The second-order valence-corrected chi connectivity index (χ2v) is 5.57. The summed E-state index contributed by atoms with van der Waals surface area (Å²) >= 11 is 5.49. The van der Waals surface area contributed by atoms with Crippen LogP contribution in [-0.2, 0) is 15.8 Å². The summed E-state index contributed by atoms with van der Waals surface area (Å²) in [7, 11) is 0. The Morgan fingerprint density at radius 3 is 2.61 bits per heavy atom. The van der Waals surface area contributed by atoms with Crippen LogP contribution in [0, 0.1) is 0 Å². The van der Waals surface area contributed by atoms with E-state index in [1.54, 1.807) is 6.07 Å². The number of hydrogen-bond donors (Lipinski definition) is 1. The van der Waals surface area contributed by atoms with Crippen molar-refractivity contribution in [2.75, 3.05) is 11.9 Å². The molecule has 2 aromatic rings. The molecule has 0 atom stereocenters. The van der Waals surface area contributed by atoms with Crippen LogP contribution in [0.25, 0.3) is 0 Å². The number of nitrogens with one attached hydrogen (secondary N) is 1. The lowest BCUT2D eigenvalue weighted by Gasteiger charge is -2.11. The van der Waals surface area contributed by atoms with E-state index in [0.717, 1.165) is 12.3 Å². The third-order valence-corrected chi connectivity index (χ3v) is 3.48. The van der Waals surface area contributed by atoms with Gasteiger partial charge in [-0.15, -0.1) is 0 Å². The normalized spacial score (nSPS) is 11.7. The smallest absolute Gasteiger partial charge is 0.417 e. The van der Waals surface area contributed by atoms with Crippen molar-refractivity contribution in [2.45, 2.75) is 12.8 Å². The lowest BCUT2D eigenvalue weighted by atomic mass is 10.2. The van der Waals surface area contributed by atoms with E-state index in [-0.39, 0.29) is 17.0 Å². The predicted molar refractivity (Wildman–Crippen MR) is 91.7 cm³/mol. The van der Waals surface area contributed by atoms with Gasteiger partial charge in [0.05, 0.1) is 16.8 Å². The molecular formula is C17H12ClF5N2O3. The number of rotatable bonds is 7. The average molecular weight is 423 g/mol. The number of ether oxygens (including phenoxy) is 1. The van der Waals surface area contributed by atoms with Gasteiger partial charge in [0, 0.05) is 11.3 Å². The highest BCUT2D eigenvalue weighted by atomic mass is 35.5. The maximum atomic E-state index is 12.8. The molecule has 0 aliphatic carbocycles. The third kappa shape index (κ3) is 6.38. The molecular weight excluding hydrogens is 411 g/mol. The lowest BCUT2D eigenvalue weighted by molar-refractivity contribution is -0.137. The van der Waals surface area contributed by atoms with Gasteiger partial charge in [0.25, 0.3) is 5.91 Å². The Morgan fingerprint density at radius 2 is 1.93 bits per heavy atom. The van der Waals surface area contributed by atoms with Crippen molar-refractivity contribution in [2.24, 2.45) is 5.16 Å². The molecule has 0 spiro atoms. The number of carbonyl (C=O) groups excluding carboxylic acids is 1. The SMILES string of the molecule is O=C(CO/N=C/c1ccccc1OC(F)F)Nc1ccc(Cl)c(C(F)(F)F)c1. The molecule has 0 aromatic heterocycles. The molecule has 0 bridgehead atoms. The number of anilines is 1. The number of carbonyl (C=O) groups is 1. The molecule has 0 fully saturated rings. The van der Waals surface area contributed by atoms with Crippen LogP contribution in [0.3, 0.4) is 0 Å². The fourth-order valence-electron chi connectivity index (χ4n) is 2.00. The monoisotopic (exact) mass is 422 g/mol. The third-order valence-electron chi connectivity index (χ3n) is 3.15. The molecule has 0 aliphatic rings. The van der Waals surface area contributed by atoms with Crippen molar-refractivity contribution in [3.05, 3.63) is 58.6 Å². The Kier molecular flexibility index (Phi) is 7.16. The maximum Gasteiger partial charge on any atom is 0.417 e. The van der Waals surface area contributed by atoms with Gasteiger partial charge in [-0.25, -0.2) is 0 Å². The Hall–Kier alpha value is -2.88. The fraction of sp³-hybridized carbons (Fsp3) is 0.176. The van der Waals surface area contributed by atoms with Crippen LogP contribution in [0.15, 0.2) is 47.6 Å². The van der Waals surface area contributed by atoms with Crippen molar-refractivity contribution in [3.63, 3.8) is 0 Å². The van der Waals surface area contributed by atoms with Gasteiger partial charge in [0.2, 0.25) is 0 Å². The zero-order chi connectivity index (χ0) is 20.7. The van der Waals surface area contributed by atoms with Gasteiger partial charge in [-0.2, -0.15) is 22.0 Å². The zero-order valence-corrected chi connectivity index (χ0v) is 14.6. The largest absolute Gasteiger partial charge is 0.434 e. The Morgan fingerprint density at radius 1 is 1.21 bits per heavy atom. The summed E-state index contributed by atoms with van der Waals surface area (Å²) in [4.78, 5) is 16.5. The molecule has 0 heterocycles. The predicted octanol–water partition coefficient (Wildman–Crippen LogP) is 4.95. The number of halogens is 6. The number of alkyl halides is 5. The molecule has 0 saturated carbocycles. The van der Waals surface area contributed by atoms with Gasteiger partial charge in [-0.1, -0.05) is 28.9 Å². The molecule has 0 aliphatic heterocycles. The molecule has 150 valence electrons. The van der Waals surface area contributed by atoms with E-state index >= 15 is 0 Å². The first kappa shape index (κ1) is 21.4. The molecule has 0 saturated heterocycles. The Labute approximate surface area is 160 Å². The van der Waals surface area contributed by atoms with E-state index < -0.39 is 35.9 Å². The maximum absolute atomic E-state index is 12.8. The van der Waals surface area contributed by atoms with Crippen LogP contribution in [0.4, 0.5) is 27.6 Å². The van der Waals surface area contributed by atoms with Crippen molar-refractivity contribution < 1.29 is 36.3 Å². The van der Waals surface area contributed by atoms with Crippen LogP contribution in [0.2, 0.25) is 5.02 Å². The van der Waals surface area contributed by atoms with E-state index in [1.165, 1.54) is 24.3 Å². The van der Waals surface area contributed by atoms with E-state index in [0.29, 0.717) is 6.07 Å². The van der Waals surface area contributed by atoms with E-state index in [9.17, 15) is 26.7 Å². The molecule has 2 rings (SSSR count). The van der Waals surface area contributed by atoms with Crippen molar-refractivity contribution in [1.29, 1.82) is 0 Å². The van der Waals surface area contributed by atoms with Crippen molar-refractivity contribution in [3.8, 4) is 5.75 Å². The summed E-state index contributed by atoms with van der Waals surface area (Å²) in [6, 6.07) is 8.61. The van der Waals surface area contributed by atoms with Crippen LogP contribution in [0.5, 0.6) is 5.75 Å².